The second-order valence-electron chi connectivity index (χ2n) is 5.83. The number of hydrogen-bond acceptors (Lipinski definition) is 3. The molecule has 0 fully saturated rings. The Morgan fingerprint density at radius 1 is 1.16 bits per heavy atom. The van der Waals surface area contributed by atoms with Crippen LogP contribution in [-0.4, -0.2) is 21.3 Å². The molecule has 1 rings (SSSR count). The van der Waals surface area contributed by atoms with E-state index in [0.29, 0.717) is 0 Å². The molecule has 0 saturated heterocycles. The van der Waals surface area contributed by atoms with E-state index in [1.165, 1.54) is 5.56 Å². The summed E-state index contributed by atoms with van der Waals surface area (Å²) in [5.74, 6) is 1.50. The number of rotatable bonds is 5. The summed E-state index contributed by atoms with van der Waals surface area (Å²) in [7, 11) is 5.29. The molecule has 3 nitrogen and oxygen atoms in total. The number of ether oxygens (including phenoxy) is 2. The average molecular weight is 330 g/mol. The lowest BCUT2D eigenvalue weighted by Gasteiger charge is -2.27. The van der Waals surface area contributed by atoms with Crippen molar-refractivity contribution in [1.82, 2.24) is 5.32 Å². The lowest BCUT2D eigenvalue weighted by molar-refractivity contribution is 0.318. The van der Waals surface area contributed by atoms with E-state index in [1.807, 2.05) is 19.2 Å². The summed E-state index contributed by atoms with van der Waals surface area (Å²) in [5.41, 5.74) is 1.44. The largest absolute Gasteiger partial charge is 0.493 e. The van der Waals surface area contributed by atoms with Gasteiger partial charge in [0.2, 0.25) is 0 Å². The van der Waals surface area contributed by atoms with Gasteiger partial charge < -0.3 is 14.8 Å². The summed E-state index contributed by atoms with van der Waals surface area (Å²) in [5, 5.41) is 3.38. The number of hydrogen-bond donors (Lipinski definition) is 1. The van der Waals surface area contributed by atoms with Crippen molar-refractivity contribution in [3.63, 3.8) is 0 Å². The Labute approximate surface area is 124 Å². The van der Waals surface area contributed by atoms with Crippen LogP contribution in [0, 0.1) is 5.41 Å². The standard InChI is InChI=1S/C15H24BrNO2/c1-15(2,3)9-12(17-4)10-7-13(18-5)14(19-6)8-11(10)16/h7-8,12,17H,9H2,1-6H3. The van der Waals surface area contributed by atoms with Gasteiger partial charge in [-0.05, 0) is 36.6 Å². The Kier molecular flexibility index (Phi) is 5.68. The van der Waals surface area contributed by atoms with Crippen LogP contribution in [0.25, 0.3) is 0 Å². The molecule has 1 aromatic rings. The van der Waals surface area contributed by atoms with Gasteiger partial charge in [0.05, 0.1) is 14.2 Å². The molecule has 0 aliphatic rings. The fourth-order valence-electron chi connectivity index (χ4n) is 2.12. The Bertz CT molecular complexity index is 427. The lowest BCUT2D eigenvalue weighted by atomic mass is 9.85. The molecule has 0 aromatic heterocycles. The van der Waals surface area contributed by atoms with Crippen molar-refractivity contribution in [2.75, 3.05) is 21.3 Å². The molecule has 4 heteroatoms. The second-order valence-corrected chi connectivity index (χ2v) is 6.69. The molecule has 0 radical (unpaired) electrons. The van der Waals surface area contributed by atoms with Crippen molar-refractivity contribution in [3.8, 4) is 11.5 Å². The molecule has 1 unspecified atom stereocenters. The summed E-state index contributed by atoms with van der Waals surface area (Å²) < 4.78 is 11.7. The van der Waals surface area contributed by atoms with E-state index in [1.54, 1.807) is 14.2 Å². The number of nitrogens with one attached hydrogen (secondary N) is 1. The third-order valence-electron chi connectivity index (χ3n) is 3.04. The van der Waals surface area contributed by atoms with Crippen LogP contribution in [0.15, 0.2) is 16.6 Å². The van der Waals surface area contributed by atoms with E-state index in [0.717, 1.165) is 22.4 Å². The van der Waals surface area contributed by atoms with Crippen LogP contribution < -0.4 is 14.8 Å². The highest BCUT2D eigenvalue weighted by molar-refractivity contribution is 9.10. The molecule has 0 amide bonds. The summed E-state index contributed by atoms with van der Waals surface area (Å²) in [6.07, 6.45) is 1.04. The maximum Gasteiger partial charge on any atom is 0.161 e. The minimum absolute atomic E-state index is 0.250. The van der Waals surface area contributed by atoms with Crippen molar-refractivity contribution in [3.05, 3.63) is 22.2 Å². The predicted molar refractivity (Wildman–Crippen MR) is 83.1 cm³/mol. The molecule has 0 spiro atoms. The first-order chi connectivity index (χ1) is 8.82. The van der Waals surface area contributed by atoms with Gasteiger partial charge in [-0.15, -0.1) is 0 Å². The highest BCUT2D eigenvalue weighted by Gasteiger charge is 2.22. The van der Waals surface area contributed by atoms with E-state index in [2.05, 4.69) is 42.0 Å². The van der Waals surface area contributed by atoms with Gasteiger partial charge in [0.15, 0.2) is 11.5 Å². The van der Waals surface area contributed by atoms with Crippen molar-refractivity contribution >= 4 is 15.9 Å². The van der Waals surface area contributed by atoms with Crippen molar-refractivity contribution < 1.29 is 9.47 Å². The van der Waals surface area contributed by atoms with Crippen LogP contribution in [0.3, 0.4) is 0 Å². The quantitative estimate of drug-likeness (QED) is 0.879. The monoisotopic (exact) mass is 329 g/mol. The maximum atomic E-state index is 5.38. The highest BCUT2D eigenvalue weighted by Crippen LogP contribution is 2.39. The number of benzene rings is 1. The average Bonchev–Trinajstić information content (AvgIpc) is 2.34. The third kappa shape index (κ3) is 4.39. The van der Waals surface area contributed by atoms with Crippen molar-refractivity contribution in [1.29, 1.82) is 0 Å². The minimum atomic E-state index is 0.250. The van der Waals surface area contributed by atoms with Gasteiger partial charge in [-0.2, -0.15) is 0 Å². The molecule has 0 aliphatic heterocycles. The van der Waals surface area contributed by atoms with Crippen molar-refractivity contribution in [2.24, 2.45) is 5.41 Å². The summed E-state index contributed by atoms with van der Waals surface area (Å²) in [4.78, 5) is 0. The molecule has 0 aliphatic carbocycles. The van der Waals surface area contributed by atoms with Crippen LogP contribution >= 0.6 is 15.9 Å². The van der Waals surface area contributed by atoms with Gasteiger partial charge in [-0.3, -0.25) is 0 Å². The molecule has 1 aromatic carbocycles. The van der Waals surface area contributed by atoms with Gasteiger partial charge in [-0.25, -0.2) is 0 Å². The van der Waals surface area contributed by atoms with Crippen molar-refractivity contribution in [2.45, 2.75) is 33.2 Å². The van der Waals surface area contributed by atoms with E-state index < -0.39 is 0 Å². The zero-order valence-corrected chi connectivity index (χ0v) is 14.2. The summed E-state index contributed by atoms with van der Waals surface area (Å²) >= 11 is 3.62. The van der Waals surface area contributed by atoms with Gasteiger partial charge in [0.25, 0.3) is 0 Å². The molecule has 0 bridgehead atoms. The Morgan fingerprint density at radius 3 is 2.11 bits per heavy atom. The van der Waals surface area contributed by atoms with Crippen LogP contribution in [0.4, 0.5) is 0 Å². The molecular weight excluding hydrogens is 306 g/mol. The van der Waals surface area contributed by atoms with E-state index in [-0.39, 0.29) is 11.5 Å². The molecule has 19 heavy (non-hydrogen) atoms. The Balaban J connectivity index is 3.17. The fourth-order valence-corrected chi connectivity index (χ4v) is 2.72. The smallest absolute Gasteiger partial charge is 0.161 e. The summed E-state index contributed by atoms with van der Waals surface area (Å²) in [6, 6.07) is 4.27. The van der Waals surface area contributed by atoms with Crippen LogP contribution in [0.2, 0.25) is 0 Å². The zero-order chi connectivity index (χ0) is 14.6. The zero-order valence-electron chi connectivity index (χ0n) is 12.6. The second kappa shape index (κ2) is 6.62. The Morgan fingerprint density at radius 2 is 1.68 bits per heavy atom. The fraction of sp³-hybridized carbons (Fsp3) is 0.600. The topological polar surface area (TPSA) is 30.5 Å². The first-order valence-corrected chi connectivity index (χ1v) is 7.20. The lowest BCUT2D eigenvalue weighted by Crippen LogP contribution is -2.23. The number of halogens is 1. The Hall–Kier alpha value is -0.740. The normalized spacial score (nSPS) is 13.2. The van der Waals surface area contributed by atoms with Gasteiger partial charge >= 0.3 is 0 Å². The molecule has 0 saturated carbocycles. The third-order valence-corrected chi connectivity index (χ3v) is 3.73. The van der Waals surface area contributed by atoms with Crippen LogP contribution in [0.1, 0.15) is 38.8 Å². The van der Waals surface area contributed by atoms with E-state index in [9.17, 15) is 0 Å². The molecule has 1 N–H and O–H groups in total. The molecule has 108 valence electrons. The van der Waals surface area contributed by atoms with Crippen LogP contribution in [-0.2, 0) is 0 Å². The molecule has 0 heterocycles. The highest BCUT2D eigenvalue weighted by atomic mass is 79.9. The SMILES string of the molecule is CNC(CC(C)(C)C)c1cc(OC)c(OC)cc1Br. The molecule has 1 atom stereocenters. The molecular formula is C15H24BrNO2. The van der Waals surface area contributed by atoms with Gasteiger partial charge in [-0.1, -0.05) is 36.7 Å². The first-order valence-electron chi connectivity index (χ1n) is 6.41. The van der Waals surface area contributed by atoms with E-state index in [4.69, 9.17) is 9.47 Å². The maximum absolute atomic E-state index is 5.38. The predicted octanol–water partition coefficient (Wildman–Crippen LogP) is 4.16. The van der Waals surface area contributed by atoms with Gasteiger partial charge in [0.1, 0.15) is 0 Å². The summed E-state index contributed by atoms with van der Waals surface area (Å²) in [6.45, 7) is 6.73. The van der Waals surface area contributed by atoms with E-state index >= 15 is 0 Å². The number of methoxy groups -OCH3 is 2. The van der Waals surface area contributed by atoms with Crippen LogP contribution in [0.5, 0.6) is 11.5 Å². The minimum Gasteiger partial charge on any atom is -0.493 e. The van der Waals surface area contributed by atoms with Gasteiger partial charge in [0, 0.05) is 10.5 Å². The first kappa shape index (κ1) is 16.3.